The molecule has 0 unspecified atom stereocenters. The molecule has 0 saturated heterocycles. The second-order valence-corrected chi connectivity index (χ2v) is 9.27. The Morgan fingerprint density at radius 2 is 1.88 bits per heavy atom. The van der Waals surface area contributed by atoms with Crippen LogP contribution < -0.4 is 15.5 Å². The third-order valence-corrected chi connectivity index (χ3v) is 6.64. The van der Waals surface area contributed by atoms with Crippen LogP contribution in [0.4, 0.5) is 0 Å². The molecular weight excluding hydrogens is 448 g/mol. The van der Waals surface area contributed by atoms with Crippen LogP contribution in [-0.2, 0) is 19.4 Å². The van der Waals surface area contributed by atoms with Crippen LogP contribution in [0.1, 0.15) is 34.9 Å². The Labute approximate surface area is 202 Å². The lowest BCUT2D eigenvalue weighted by molar-refractivity contribution is 0.176. The monoisotopic (exact) mass is 478 g/mol. The Balaban J connectivity index is 1.19. The van der Waals surface area contributed by atoms with Crippen molar-refractivity contribution in [3.8, 4) is 5.75 Å². The molecule has 8 heteroatoms. The highest BCUT2D eigenvalue weighted by Crippen LogP contribution is 2.31. The number of rotatable bonds is 12. The van der Waals surface area contributed by atoms with Crippen LogP contribution in [-0.4, -0.2) is 39.8 Å². The predicted molar refractivity (Wildman–Crippen MR) is 136 cm³/mol. The first-order valence-electron chi connectivity index (χ1n) is 11.5. The fourth-order valence-corrected chi connectivity index (χ4v) is 4.87. The van der Waals surface area contributed by atoms with Crippen LogP contribution in [0, 0.1) is 0 Å². The summed E-state index contributed by atoms with van der Waals surface area (Å²) in [6.45, 7) is 2.87. The molecule has 0 amide bonds. The maximum Gasteiger partial charge on any atom is 0.305 e. The number of nitrogens with one attached hydrogen (secondary N) is 3. The van der Waals surface area contributed by atoms with Gasteiger partial charge in [0.1, 0.15) is 11.3 Å². The average molecular weight is 479 g/mol. The molecule has 2 heterocycles. The topological polar surface area (TPSA) is 110 Å². The highest BCUT2D eigenvalue weighted by Gasteiger charge is 2.15. The van der Waals surface area contributed by atoms with Crippen molar-refractivity contribution in [1.82, 2.24) is 20.6 Å². The van der Waals surface area contributed by atoms with Gasteiger partial charge < -0.3 is 25.8 Å². The number of pyridine rings is 1. The van der Waals surface area contributed by atoms with E-state index < -0.39 is 6.10 Å². The maximum atomic E-state index is 11.7. The summed E-state index contributed by atoms with van der Waals surface area (Å²) >= 11 is 0.999. The van der Waals surface area contributed by atoms with Gasteiger partial charge in [0.2, 0.25) is 0 Å². The summed E-state index contributed by atoms with van der Waals surface area (Å²) in [7, 11) is 0. The van der Waals surface area contributed by atoms with E-state index in [1.54, 1.807) is 6.07 Å². The van der Waals surface area contributed by atoms with Crippen molar-refractivity contribution in [1.29, 1.82) is 0 Å². The predicted octanol–water partition coefficient (Wildman–Crippen LogP) is 3.28. The second kappa shape index (κ2) is 11.9. The molecule has 0 spiro atoms. The van der Waals surface area contributed by atoms with Gasteiger partial charge in [0, 0.05) is 30.5 Å². The first-order valence-corrected chi connectivity index (χ1v) is 12.3. The van der Waals surface area contributed by atoms with E-state index in [1.807, 2.05) is 18.3 Å². The van der Waals surface area contributed by atoms with Crippen LogP contribution >= 0.6 is 11.3 Å². The molecular formula is C26H30N4O3S. The van der Waals surface area contributed by atoms with Gasteiger partial charge in [-0.1, -0.05) is 47.7 Å². The second-order valence-electron chi connectivity index (χ2n) is 8.28. The zero-order valence-electron chi connectivity index (χ0n) is 19.0. The molecule has 0 saturated carbocycles. The summed E-state index contributed by atoms with van der Waals surface area (Å²) in [5.74, 6) is 0.0137. The van der Waals surface area contributed by atoms with Crippen molar-refractivity contribution < 1.29 is 10.2 Å². The maximum absolute atomic E-state index is 11.7. The third kappa shape index (κ3) is 6.51. The summed E-state index contributed by atoms with van der Waals surface area (Å²) in [4.78, 5) is 18.4. The Hall–Kier alpha value is -3.04. The molecule has 0 radical (unpaired) electrons. The number of aromatic nitrogens is 2. The molecule has 0 aliphatic rings. The van der Waals surface area contributed by atoms with Gasteiger partial charge in [-0.25, -0.2) is 0 Å². The van der Waals surface area contributed by atoms with Crippen molar-refractivity contribution in [3.05, 3.63) is 92.8 Å². The molecule has 0 bridgehead atoms. The molecule has 5 N–H and O–H groups in total. The third-order valence-electron chi connectivity index (χ3n) is 5.71. The number of fused-ring (bicyclic) bond motifs is 1. The summed E-state index contributed by atoms with van der Waals surface area (Å²) < 4.78 is 0.597. The Kier molecular flexibility index (Phi) is 8.43. The largest absolute Gasteiger partial charge is 0.506 e. The lowest BCUT2D eigenvalue weighted by Crippen LogP contribution is -2.24. The number of phenols is 1. The number of phenolic OH excluding ortho intramolecular Hbond substituents is 1. The van der Waals surface area contributed by atoms with Gasteiger partial charge in [-0.3, -0.25) is 9.78 Å². The zero-order chi connectivity index (χ0) is 23.8. The van der Waals surface area contributed by atoms with Crippen molar-refractivity contribution >= 4 is 21.6 Å². The summed E-state index contributed by atoms with van der Waals surface area (Å²) in [5.41, 5.74) is 4.64. The number of aliphatic hydroxyl groups is 1. The number of H-pyrrole nitrogens is 1. The van der Waals surface area contributed by atoms with Crippen molar-refractivity contribution in [3.63, 3.8) is 0 Å². The van der Waals surface area contributed by atoms with Crippen molar-refractivity contribution in [2.45, 2.75) is 31.9 Å². The number of hydrogen-bond donors (Lipinski definition) is 5. The molecule has 2 aromatic carbocycles. The molecule has 0 aliphatic carbocycles. The van der Waals surface area contributed by atoms with E-state index in [9.17, 15) is 15.0 Å². The number of nitrogens with zero attached hydrogens (tertiary/aromatic N) is 1. The van der Waals surface area contributed by atoms with E-state index in [0.717, 1.165) is 55.9 Å². The van der Waals surface area contributed by atoms with Gasteiger partial charge in [0.05, 0.1) is 10.8 Å². The Morgan fingerprint density at radius 3 is 2.74 bits per heavy atom. The molecule has 2 aromatic heterocycles. The van der Waals surface area contributed by atoms with E-state index >= 15 is 0 Å². The number of thiazole rings is 1. The zero-order valence-corrected chi connectivity index (χ0v) is 19.8. The number of aromatic hydroxyl groups is 1. The lowest BCUT2D eigenvalue weighted by atomic mass is 10.1. The normalized spacial score (nSPS) is 12.3. The molecule has 34 heavy (non-hydrogen) atoms. The van der Waals surface area contributed by atoms with Gasteiger partial charge in [0.15, 0.2) is 0 Å². The highest BCUT2D eigenvalue weighted by molar-refractivity contribution is 7.16. The van der Waals surface area contributed by atoms with E-state index in [-0.39, 0.29) is 10.6 Å². The smallest absolute Gasteiger partial charge is 0.305 e. The minimum absolute atomic E-state index is 0.0137. The van der Waals surface area contributed by atoms with Crippen molar-refractivity contribution in [2.75, 3.05) is 19.6 Å². The van der Waals surface area contributed by atoms with E-state index in [1.165, 1.54) is 17.2 Å². The lowest BCUT2D eigenvalue weighted by Gasteiger charge is -2.14. The van der Waals surface area contributed by atoms with E-state index in [2.05, 4.69) is 50.9 Å². The molecule has 0 aliphatic heterocycles. The number of aliphatic hydroxyl groups excluding tert-OH is 1. The SMILES string of the molecule is O=c1[nH]c2c(O)ccc([C@@H](O)CNCCc3cccc(CNCCCc4ccccn4)c3)c2s1. The van der Waals surface area contributed by atoms with Crippen LogP contribution in [0.2, 0.25) is 0 Å². The highest BCUT2D eigenvalue weighted by atomic mass is 32.1. The number of aromatic amines is 1. The number of aryl methyl sites for hydroxylation is 1. The first kappa shape index (κ1) is 24.1. The molecule has 0 fully saturated rings. The minimum Gasteiger partial charge on any atom is -0.506 e. The standard InChI is InChI=1S/C26H30N4O3S/c31-22-10-9-21(25-24(22)30-26(33)34-25)23(32)17-28-14-11-18-5-3-6-19(15-18)16-27-12-4-8-20-7-1-2-13-29-20/h1-3,5-7,9-10,13,15,23,27-28,31-32H,4,8,11-12,14,16-17H2,(H,30,33)/t23-/m0/s1. The first-order chi connectivity index (χ1) is 16.6. The van der Waals surface area contributed by atoms with Crippen LogP contribution in [0.5, 0.6) is 5.75 Å². The van der Waals surface area contributed by atoms with Crippen LogP contribution in [0.25, 0.3) is 10.2 Å². The van der Waals surface area contributed by atoms with Gasteiger partial charge in [-0.15, -0.1) is 0 Å². The van der Waals surface area contributed by atoms with Crippen LogP contribution in [0.3, 0.4) is 0 Å². The number of benzene rings is 2. The minimum atomic E-state index is -0.767. The molecule has 4 rings (SSSR count). The van der Waals surface area contributed by atoms with Gasteiger partial charge in [-0.05, 0) is 61.7 Å². The van der Waals surface area contributed by atoms with Gasteiger partial charge >= 0.3 is 4.87 Å². The van der Waals surface area contributed by atoms with Gasteiger partial charge in [-0.2, -0.15) is 0 Å². The summed E-state index contributed by atoms with van der Waals surface area (Å²) in [6, 6.07) is 17.7. The number of hydrogen-bond acceptors (Lipinski definition) is 7. The fourth-order valence-electron chi connectivity index (χ4n) is 3.95. The molecule has 4 aromatic rings. The molecule has 1 atom stereocenters. The van der Waals surface area contributed by atoms with Crippen LogP contribution in [0.15, 0.2) is 65.6 Å². The Bertz CT molecular complexity index is 1260. The quantitative estimate of drug-likeness (QED) is 0.200. The Morgan fingerprint density at radius 1 is 1.00 bits per heavy atom. The molecule has 7 nitrogen and oxygen atoms in total. The summed E-state index contributed by atoms with van der Waals surface area (Å²) in [5, 5.41) is 27.3. The van der Waals surface area contributed by atoms with E-state index in [0.29, 0.717) is 22.3 Å². The molecule has 178 valence electrons. The summed E-state index contributed by atoms with van der Waals surface area (Å²) in [6.07, 6.45) is 3.95. The van der Waals surface area contributed by atoms with E-state index in [4.69, 9.17) is 0 Å². The fraction of sp³-hybridized carbons (Fsp3) is 0.308. The van der Waals surface area contributed by atoms with Gasteiger partial charge in [0.25, 0.3) is 0 Å². The van der Waals surface area contributed by atoms with Crippen molar-refractivity contribution in [2.24, 2.45) is 0 Å². The average Bonchev–Trinajstić information content (AvgIpc) is 3.25.